The van der Waals surface area contributed by atoms with E-state index in [1.807, 2.05) is 52.3 Å². The minimum absolute atomic E-state index is 0.0686. The number of rotatable bonds is 5. The number of carbonyl (C=O) groups is 2. The molecule has 0 saturated carbocycles. The summed E-state index contributed by atoms with van der Waals surface area (Å²) in [5.74, 6) is 1.13. The van der Waals surface area contributed by atoms with Crippen LogP contribution >= 0.6 is 0 Å². The number of benzene rings is 2. The van der Waals surface area contributed by atoms with Crippen molar-refractivity contribution in [3.05, 3.63) is 59.7 Å². The summed E-state index contributed by atoms with van der Waals surface area (Å²) in [4.78, 5) is 30.7. The van der Waals surface area contributed by atoms with Crippen molar-refractivity contribution in [1.29, 1.82) is 0 Å². The molecule has 29 heavy (non-hydrogen) atoms. The Labute approximate surface area is 171 Å². The molecule has 0 atom stereocenters. The van der Waals surface area contributed by atoms with Gasteiger partial charge in [-0.3, -0.25) is 9.59 Å². The van der Waals surface area contributed by atoms with E-state index in [9.17, 15) is 9.59 Å². The Bertz CT molecular complexity index is 873. The molecule has 0 spiro atoms. The highest BCUT2D eigenvalue weighted by Crippen LogP contribution is 2.23. The normalized spacial score (nSPS) is 17.0. The summed E-state index contributed by atoms with van der Waals surface area (Å²) in [7, 11) is 1.67. The number of piperazine rings is 1. The third-order valence-electron chi connectivity index (χ3n) is 5.73. The zero-order valence-corrected chi connectivity index (χ0v) is 16.8. The maximum atomic E-state index is 12.9. The Balaban J connectivity index is 1.33. The fourth-order valence-corrected chi connectivity index (χ4v) is 4.00. The second-order valence-electron chi connectivity index (χ2n) is 7.60. The van der Waals surface area contributed by atoms with Crippen molar-refractivity contribution in [2.24, 2.45) is 0 Å². The molecule has 0 aliphatic carbocycles. The van der Waals surface area contributed by atoms with Gasteiger partial charge in [0.2, 0.25) is 5.91 Å². The topological polar surface area (TPSA) is 53.1 Å². The summed E-state index contributed by atoms with van der Waals surface area (Å²) in [5.41, 5.74) is 2.90. The first-order chi connectivity index (χ1) is 14.1. The van der Waals surface area contributed by atoms with Crippen LogP contribution < -0.4 is 9.64 Å². The van der Waals surface area contributed by atoms with Gasteiger partial charge >= 0.3 is 0 Å². The lowest BCUT2D eigenvalue weighted by atomic mass is 10.1. The van der Waals surface area contributed by atoms with Crippen LogP contribution in [0.3, 0.4) is 0 Å². The molecule has 152 valence electrons. The van der Waals surface area contributed by atoms with Gasteiger partial charge in [0.15, 0.2) is 0 Å². The second kappa shape index (κ2) is 8.55. The van der Waals surface area contributed by atoms with Crippen LogP contribution in [-0.2, 0) is 11.3 Å². The minimum Gasteiger partial charge on any atom is -0.497 e. The van der Waals surface area contributed by atoms with E-state index < -0.39 is 0 Å². The molecule has 2 aliphatic heterocycles. The van der Waals surface area contributed by atoms with E-state index in [2.05, 4.69) is 11.0 Å². The number of ether oxygens (including phenoxy) is 1. The molecule has 0 aromatic heterocycles. The zero-order chi connectivity index (χ0) is 20.2. The van der Waals surface area contributed by atoms with E-state index in [0.717, 1.165) is 43.1 Å². The van der Waals surface area contributed by atoms with Gasteiger partial charge in [-0.25, -0.2) is 0 Å². The van der Waals surface area contributed by atoms with Crippen molar-refractivity contribution >= 4 is 17.5 Å². The number of methoxy groups -OCH3 is 1. The van der Waals surface area contributed by atoms with Gasteiger partial charge in [0.05, 0.1) is 7.11 Å². The third kappa shape index (κ3) is 4.36. The summed E-state index contributed by atoms with van der Waals surface area (Å²) < 4.78 is 5.31. The van der Waals surface area contributed by atoms with E-state index in [1.54, 1.807) is 7.11 Å². The number of hydrogen-bond acceptors (Lipinski definition) is 4. The molecule has 2 fully saturated rings. The first-order valence-electron chi connectivity index (χ1n) is 10.2. The Hall–Kier alpha value is -3.02. The number of nitrogens with zero attached hydrogens (tertiary/aromatic N) is 3. The molecule has 0 N–H and O–H groups in total. The summed E-state index contributed by atoms with van der Waals surface area (Å²) in [5, 5.41) is 0. The molecule has 4 rings (SSSR count). The van der Waals surface area contributed by atoms with Crippen LogP contribution in [0.25, 0.3) is 0 Å². The molecule has 6 heteroatoms. The molecule has 0 radical (unpaired) electrons. The number of hydrogen-bond donors (Lipinski definition) is 0. The molecule has 2 amide bonds. The Kier molecular flexibility index (Phi) is 5.69. The molecule has 2 heterocycles. The second-order valence-corrected chi connectivity index (χ2v) is 7.60. The lowest BCUT2D eigenvalue weighted by Crippen LogP contribution is -2.48. The number of amides is 2. The summed E-state index contributed by atoms with van der Waals surface area (Å²) in [6.45, 7) is 4.45. The number of likely N-dealkylation sites (tertiary alicyclic amines) is 1. The fraction of sp³-hybridized carbons (Fsp3) is 0.391. The lowest BCUT2D eigenvalue weighted by molar-refractivity contribution is -0.128. The van der Waals surface area contributed by atoms with Crippen LogP contribution in [0, 0.1) is 0 Å². The molecule has 0 bridgehead atoms. The van der Waals surface area contributed by atoms with Crippen LogP contribution in [0.15, 0.2) is 48.5 Å². The van der Waals surface area contributed by atoms with E-state index in [4.69, 9.17) is 4.74 Å². The molecular formula is C23H27N3O3. The lowest BCUT2D eigenvalue weighted by Gasteiger charge is -2.36. The number of anilines is 1. The summed E-state index contributed by atoms with van der Waals surface area (Å²) in [6, 6.07) is 15.7. The number of carbonyl (C=O) groups excluding carboxylic acids is 2. The fourth-order valence-electron chi connectivity index (χ4n) is 4.00. The van der Waals surface area contributed by atoms with Crippen LogP contribution in [0.4, 0.5) is 5.69 Å². The van der Waals surface area contributed by atoms with E-state index in [0.29, 0.717) is 31.6 Å². The predicted molar refractivity (Wildman–Crippen MR) is 112 cm³/mol. The maximum Gasteiger partial charge on any atom is 0.253 e. The van der Waals surface area contributed by atoms with E-state index in [1.165, 1.54) is 0 Å². The van der Waals surface area contributed by atoms with Crippen molar-refractivity contribution in [3.63, 3.8) is 0 Å². The van der Waals surface area contributed by atoms with Crippen LogP contribution in [0.2, 0.25) is 0 Å². The van der Waals surface area contributed by atoms with Gasteiger partial charge in [0.25, 0.3) is 5.91 Å². The highest BCUT2D eigenvalue weighted by molar-refractivity contribution is 5.94. The van der Waals surface area contributed by atoms with Crippen molar-refractivity contribution in [2.75, 3.05) is 44.7 Å². The first kappa shape index (κ1) is 19.3. The highest BCUT2D eigenvalue weighted by atomic mass is 16.5. The Morgan fingerprint density at radius 2 is 1.76 bits per heavy atom. The molecule has 0 unspecified atom stereocenters. The SMILES string of the molecule is COc1cccc(N2CCN(C(=O)c3ccc(CN4CCCC4=O)cc3)CC2)c1. The maximum absolute atomic E-state index is 12.9. The summed E-state index contributed by atoms with van der Waals surface area (Å²) >= 11 is 0. The van der Waals surface area contributed by atoms with Crippen LogP contribution in [0.1, 0.15) is 28.8 Å². The average Bonchev–Trinajstić information content (AvgIpc) is 3.18. The molecule has 2 aromatic rings. The molecule has 2 aliphatic rings. The van der Waals surface area contributed by atoms with Gasteiger partial charge in [-0.2, -0.15) is 0 Å². The average molecular weight is 393 g/mol. The van der Waals surface area contributed by atoms with Crippen LogP contribution in [0.5, 0.6) is 5.75 Å². The van der Waals surface area contributed by atoms with Crippen molar-refractivity contribution in [3.8, 4) is 5.75 Å². The standard InChI is InChI=1S/C23H27N3O3/c1-29-21-5-2-4-20(16-21)24-12-14-25(15-13-24)23(28)19-9-7-18(8-10-19)17-26-11-3-6-22(26)27/h2,4-5,7-10,16H,3,6,11-15,17H2,1H3. The molecule has 2 aromatic carbocycles. The van der Waals surface area contributed by atoms with Crippen molar-refractivity contribution in [2.45, 2.75) is 19.4 Å². The van der Waals surface area contributed by atoms with E-state index in [-0.39, 0.29) is 11.8 Å². The first-order valence-corrected chi connectivity index (χ1v) is 10.2. The van der Waals surface area contributed by atoms with Gasteiger partial charge < -0.3 is 19.4 Å². The van der Waals surface area contributed by atoms with E-state index >= 15 is 0 Å². The van der Waals surface area contributed by atoms with Crippen molar-refractivity contribution in [1.82, 2.24) is 9.80 Å². The predicted octanol–water partition coefficient (Wildman–Crippen LogP) is 2.78. The van der Waals surface area contributed by atoms with Crippen molar-refractivity contribution < 1.29 is 14.3 Å². The zero-order valence-electron chi connectivity index (χ0n) is 16.8. The Morgan fingerprint density at radius 3 is 2.41 bits per heavy atom. The minimum atomic E-state index is 0.0686. The van der Waals surface area contributed by atoms with Gasteiger partial charge in [-0.05, 0) is 36.2 Å². The highest BCUT2D eigenvalue weighted by Gasteiger charge is 2.23. The third-order valence-corrected chi connectivity index (χ3v) is 5.73. The summed E-state index contributed by atoms with van der Waals surface area (Å²) in [6.07, 6.45) is 1.59. The monoisotopic (exact) mass is 393 g/mol. The molecule has 2 saturated heterocycles. The van der Waals surface area contributed by atoms with Crippen LogP contribution in [-0.4, -0.2) is 61.4 Å². The van der Waals surface area contributed by atoms with Gasteiger partial charge in [0.1, 0.15) is 5.75 Å². The molecular weight excluding hydrogens is 366 g/mol. The largest absolute Gasteiger partial charge is 0.497 e. The molecule has 6 nitrogen and oxygen atoms in total. The van der Waals surface area contributed by atoms with Gasteiger partial charge in [-0.1, -0.05) is 18.2 Å². The Morgan fingerprint density at radius 1 is 1.00 bits per heavy atom. The van der Waals surface area contributed by atoms with Gasteiger partial charge in [0, 0.05) is 63.0 Å². The van der Waals surface area contributed by atoms with Gasteiger partial charge in [-0.15, -0.1) is 0 Å². The quantitative estimate of drug-likeness (QED) is 0.784. The smallest absolute Gasteiger partial charge is 0.253 e.